The number of carbonyl (C=O) groups excluding carboxylic acids is 2. The minimum Gasteiger partial charge on any atom is -0.382 e. The van der Waals surface area contributed by atoms with E-state index in [1.165, 1.54) is 18.2 Å². The van der Waals surface area contributed by atoms with E-state index >= 15 is 0 Å². The van der Waals surface area contributed by atoms with Crippen LogP contribution in [0.4, 0.5) is 27.7 Å². The largest absolute Gasteiger partial charge is 0.382 e. The summed E-state index contributed by atoms with van der Waals surface area (Å²) in [5.74, 6) is 0.625. The molecule has 5 rings (SSSR count). The second kappa shape index (κ2) is 10.3. The third kappa shape index (κ3) is 5.21. The van der Waals surface area contributed by atoms with Gasteiger partial charge in [0, 0.05) is 66.3 Å². The summed E-state index contributed by atoms with van der Waals surface area (Å²) in [5.41, 5.74) is 11.5. The number of aromatic nitrogens is 5. The molecule has 3 amide bonds. The molecule has 0 spiro atoms. The molecule has 0 aliphatic carbocycles. The molecule has 0 radical (unpaired) electrons. The lowest BCUT2D eigenvalue weighted by Crippen LogP contribution is -2.23. The zero-order chi connectivity index (χ0) is 26.6. The molecule has 0 fully saturated rings. The second-order valence-electron chi connectivity index (χ2n) is 8.43. The van der Waals surface area contributed by atoms with Crippen LogP contribution in [0.1, 0.15) is 6.92 Å². The molecular weight excluding hydrogens is 482 g/mol. The van der Waals surface area contributed by atoms with Crippen molar-refractivity contribution >= 4 is 45.9 Å². The van der Waals surface area contributed by atoms with E-state index in [2.05, 4.69) is 35.6 Å². The monoisotopic (exact) mass is 505 g/mol. The van der Waals surface area contributed by atoms with E-state index < -0.39 is 6.03 Å². The summed E-state index contributed by atoms with van der Waals surface area (Å²) in [4.78, 5) is 47.0. The Labute approximate surface area is 217 Å². The van der Waals surface area contributed by atoms with Crippen LogP contribution < -0.4 is 21.3 Å². The number of urea groups is 1. The van der Waals surface area contributed by atoms with Gasteiger partial charge in [0.2, 0.25) is 5.91 Å². The van der Waals surface area contributed by atoms with Crippen molar-refractivity contribution in [3.8, 4) is 22.5 Å². The van der Waals surface area contributed by atoms with E-state index in [4.69, 9.17) is 5.73 Å². The van der Waals surface area contributed by atoms with Gasteiger partial charge in [0.1, 0.15) is 11.8 Å². The Morgan fingerprint density at radius 1 is 0.816 bits per heavy atom. The van der Waals surface area contributed by atoms with Crippen LogP contribution in [0.5, 0.6) is 0 Å². The van der Waals surface area contributed by atoms with Crippen LogP contribution in [0.25, 0.3) is 33.5 Å². The summed E-state index contributed by atoms with van der Waals surface area (Å²) in [6.07, 6.45) is 6.55. The number of rotatable bonds is 5. The van der Waals surface area contributed by atoms with Crippen molar-refractivity contribution in [1.82, 2.24) is 24.9 Å². The lowest BCUT2D eigenvalue weighted by Gasteiger charge is -2.15. The number of nitrogens with one attached hydrogen (secondary N) is 2. The topological polar surface area (TPSA) is 152 Å². The summed E-state index contributed by atoms with van der Waals surface area (Å²) in [6.45, 7) is 1.49. The number of carbonyl (C=O) groups is 2. The molecule has 0 saturated carbocycles. The molecule has 3 heterocycles. The summed E-state index contributed by atoms with van der Waals surface area (Å²) in [7, 11) is 1.69. The first-order chi connectivity index (χ1) is 18.4. The molecule has 0 saturated heterocycles. The smallest absolute Gasteiger partial charge is 0.323 e. The average molecular weight is 506 g/mol. The molecule has 0 aliphatic heterocycles. The number of benzene rings is 2. The van der Waals surface area contributed by atoms with Crippen molar-refractivity contribution in [1.29, 1.82) is 0 Å². The highest BCUT2D eigenvalue weighted by Gasteiger charge is 2.11. The van der Waals surface area contributed by atoms with E-state index in [1.807, 2.05) is 6.07 Å². The Morgan fingerprint density at radius 2 is 1.45 bits per heavy atom. The standard InChI is InChI=1S/C27H23N9O2/c1-16(37)36(2)22-9-7-21(8-10-22)33-27(38)32-20-5-3-17(4-6-20)26-34-23-11-18(19-12-29-15-30-13-19)14-31-24(23)25(28)35-26/h3-15H,1-2H3,(H2,28,34,35)(H2,32,33,38). The molecule has 3 aromatic heterocycles. The van der Waals surface area contributed by atoms with E-state index in [0.29, 0.717) is 28.2 Å². The first kappa shape index (κ1) is 24.3. The molecule has 38 heavy (non-hydrogen) atoms. The molecule has 4 N–H and O–H groups in total. The molecule has 11 nitrogen and oxygen atoms in total. The van der Waals surface area contributed by atoms with Gasteiger partial charge in [0.15, 0.2) is 11.6 Å². The maximum atomic E-state index is 12.5. The summed E-state index contributed by atoms with van der Waals surface area (Å²) in [6, 6.07) is 15.5. The van der Waals surface area contributed by atoms with Crippen LogP contribution in [-0.2, 0) is 4.79 Å². The molecule has 0 bridgehead atoms. The summed E-state index contributed by atoms with van der Waals surface area (Å²) in [5, 5.41) is 5.56. The number of nitrogens with two attached hydrogens (primary N) is 1. The van der Waals surface area contributed by atoms with Crippen molar-refractivity contribution < 1.29 is 9.59 Å². The number of amides is 3. The fourth-order valence-electron chi connectivity index (χ4n) is 3.72. The summed E-state index contributed by atoms with van der Waals surface area (Å²) < 4.78 is 0. The van der Waals surface area contributed by atoms with Crippen molar-refractivity contribution in [2.24, 2.45) is 0 Å². The van der Waals surface area contributed by atoms with Crippen LogP contribution >= 0.6 is 0 Å². The molecular formula is C27H23N9O2. The van der Waals surface area contributed by atoms with Crippen molar-refractivity contribution in [3.63, 3.8) is 0 Å². The number of hydrogen-bond acceptors (Lipinski definition) is 8. The van der Waals surface area contributed by atoms with Gasteiger partial charge in [-0.15, -0.1) is 0 Å². The third-order valence-electron chi connectivity index (χ3n) is 5.84. The Hall–Kier alpha value is -5.45. The Morgan fingerprint density at radius 3 is 2.08 bits per heavy atom. The Balaban J connectivity index is 1.30. The van der Waals surface area contributed by atoms with Gasteiger partial charge in [0.05, 0.1) is 5.52 Å². The predicted molar refractivity (Wildman–Crippen MR) is 146 cm³/mol. The zero-order valence-corrected chi connectivity index (χ0v) is 20.6. The maximum absolute atomic E-state index is 12.5. The normalized spacial score (nSPS) is 10.7. The second-order valence-corrected chi connectivity index (χ2v) is 8.43. The van der Waals surface area contributed by atoms with Crippen LogP contribution in [-0.4, -0.2) is 43.9 Å². The van der Waals surface area contributed by atoms with E-state index in [-0.39, 0.29) is 11.7 Å². The first-order valence-electron chi connectivity index (χ1n) is 11.6. The molecule has 2 aromatic carbocycles. The minimum atomic E-state index is -0.403. The van der Waals surface area contributed by atoms with Crippen LogP contribution in [0.15, 0.2) is 79.5 Å². The Bertz CT molecular complexity index is 1620. The fourth-order valence-corrected chi connectivity index (χ4v) is 3.72. The third-order valence-corrected chi connectivity index (χ3v) is 5.84. The van der Waals surface area contributed by atoms with Gasteiger partial charge < -0.3 is 21.3 Å². The van der Waals surface area contributed by atoms with Gasteiger partial charge in [-0.05, 0) is 54.6 Å². The minimum absolute atomic E-state index is 0.0765. The number of pyridine rings is 1. The lowest BCUT2D eigenvalue weighted by atomic mass is 10.1. The SMILES string of the molecule is CC(=O)N(C)c1ccc(NC(=O)Nc2ccc(-c3nc(N)c4ncc(-c5cncnc5)cc4n3)cc2)cc1. The van der Waals surface area contributed by atoms with Gasteiger partial charge >= 0.3 is 6.03 Å². The predicted octanol–water partition coefficient (Wildman–Crippen LogP) is 4.36. The quantitative estimate of drug-likeness (QED) is 0.319. The van der Waals surface area contributed by atoms with Crippen molar-refractivity contribution in [2.75, 3.05) is 28.3 Å². The first-order valence-corrected chi connectivity index (χ1v) is 11.6. The molecule has 5 aromatic rings. The molecule has 0 atom stereocenters. The van der Waals surface area contributed by atoms with Gasteiger partial charge in [0.25, 0.3) is 0 Å². The molecule has 0 unspecified atom stereocenters. The van der Waals surface area contributed by atoms with Gasteiger partial charge in [-0.3, -0.25) is 9.78 Å². The zero-order valence-electron chi connectivity index (χ0n) is 20.6. The number of nitrogen functional groups attached to an aromatic ring is 1. The van der Waals surface area contributed by atoms with Gasteiger partial charge in [-0.25, -0.2) is 24.7 Å². The van der Waals surface area contributed by atoms with Crippen LogP contribution in [0.2, 0.25) is 0 Å². The average Bonchev–Trinajstić information content (AvgIpc) is 2.93. The number of hydrogen-bond donors (Lipinski definition) is 3. The maximum Gasteiger partial charge on any atom is 0.323 e. The van der Waals surface area contributed by atoms with Crippen LogP contribution in [0.3, 0.4) is 0 Å². The number of nitrogens with zero attached hydrogens (tertiary/aromatic N) is 6. The van der Waals surface area contributed by atoms with E-state index in [1.54, 1.807) is 74.2 Å². The molecule has 188 valence electrons. The molecule has 0 aliphatic rings. The van der Waals surface area contributed by atoms with Crippen molar-refractivity contribution in [2.45, 2.75) is 6.92 Å². The van der Waals surface area contributed by atoms with Gasteiger partial charge in [-0.2, -0.15) is 0 Å². The van der Waals surface area contributed by atoms with Gasteiger partial charge in [-0.1, -0.05) is 0 Å². The van der Waals surface area contributed by atoms with E-state index in [9.17, 15) is 9.59 Å². The molecule has 11 heteroatoms. The highest BCUT2D eigenvalue weighted by molar-refractivity contribution is 6.00. The van der Waals surface area contributed by atoms with Crippen LogP contribution in [0, 0.1) is 0 Å². The van der Waals surface area contributed by atoms with Crippen molar-refractivity contribution in [3.05, 3.63) is 79.5 Å². The summed E-state index contributed by atoms with van der Waals surface area (Å²) >= 11 is 0. The number of fused-ring (bicyclic) bond motifs is 1. The highest BCUT2D eigenvalue weighted by Crippen LogP contribution is 2.26. The lowest BCUT2D eigenvalue weighted by molar-refractivity contribution is -0.116. The van der Waals surface area contributed by atoms with E-state index in [0.717, 1.165) is 22.4 Å². The fraction of sp³-hybridized carbons (Fsp3) is 0.0741. The number of anilines is 4. The Kier molecular flexibility index (Phi) is 6.55. The highest BCUT2D eigenvalue weighted by atomic mass is 16.2.